The van der Waals surface area contributed by atoms with Crippen LogP contribution >= 0.6 is 0 Å². The van der Waals surface area contributed by atoms with Gasteiger partial charge in [-0.1, -0.05) is 48.5 Å². The molecule has 0 spiro atoms. The number of hydrogen-bond acceptors (Lipinski definition) is 4. The van der Waals surface area contributed by atoms with Crippen molar-refractivity contribution in [2.24, 2.45) is 0 Å². The molecule has 132 valence electrons. The maximum Gasteiger partial charge on any atom is 0.222 e. The van der Waals surface area contributed by atoms with Crippen molar-refractivity contribution in [3.8, 4) is 0 Å². The molecule has 2 aromatic carbocycles. The number of nitrogens with zero attached hydrogens (tertiary/aromatic N) is 2. The summed E-state index contributed by atoms with van der Waals surface area (Å²) in [6, 6.07) is 17.1. The highest BCUT2D eigenvalue weighted by atomic mass is 19.1. The second kappa shape index (κ2) is 6.32. The van der Waals surface area contributed by atoms with Gasteiger partial charge in [-0.2, -0.15) is 0 Å². The minimum atomic E-state index is -0.159. The Morgan fingerprint density at radius 3 is 2.38 bits per heavy atom. The van der Waals surface area contributed by atoms with Crippen molar-refractivity contribution < 1.29 is 13.5 Å². The fraction of sp³-hybridized carbons (Fsp3) is 0.333. The number of aromatic nitrogens is 2. The molecule has 1 saturated carbocycles. The first-order valence-electron chi connectivity index (χ1n) is 9.05. The lowest BCUT2D eigenvalue weighted by Gasteiger charge is -2.15. The van der Waals surface area contributed by atoms with Crippen molar-refractivity contribution in [2.45, 2.75) is 36.7 Å². The molecule has 1 saturated heterocycles. The van der Waals surface area contributed by atoms with E-state index in [-0.39, 0.29) is 29.7 Å². The van der Waals surface area contributed by atoms with Gasteiger partial charge in [0.25, 0.3) is 0 Å². The Morgan fingerprint density at radius 2 is 1.58 bits per heavy atom. The van der Waals surface area contributed by atoms with Crippen LogP contribution in [-0.4, -0.2) is 16.8 Å². The Bertz CT molecular complexity index is 911. The molecule has 3 aromatic rings. The Kier molecular flexibility index (Phi) is 3.82. The lowest BCUT2D eigenvalue weighted by Crippen LogP contribution is -2.06. The summed E-state index contributed by atoms with van der Waals surface area (Å²) in [6.45, 7) is 0.684. The fourth-order valence-corrected chi connectivity index (χ4v) is 3.95. The summed E-state index contributed by atoms with van der Waals surface area (Å²) in [5, 5.41) is 8.56. The van der Waals surface area contributed by atoms with E-state index in [1.807, 2.05) is 30.3 Å². The first kappa shape index (κ1) is 15.7. The molecule has 0 radical (unpaired) electrons. The molecular weight excluding hydrogens is 331 g/mol. The van der Waals surface area contributed by atoms with Gasteiger partial charge in [-0.25, -0.2) is 4.39 Å². The van der Waals surface area contributed by atoms with Gasteiger partial charge in [0.2, 0.25) is 11.8 Å². The van der Waals surface area contributed by atoms with Crippen LogP contribution in [0.25, 0.3) is 0 Å². The molecule has 0 N–H and O–H groups in total. The standard InChI is InChI=1S/C21H19FN2O2/c22-18-9-5-4-8-14(18)16-12-17(16)21-24-23-20(26-21)15-10-11-25-19(15)13-6-2-1-3-7-13/h1-9,15-17,19H,10-12H2/t15-,16?,17?,19+/m0/s1. The Hall–Kier alpha value is -2.53. The van der Waals surface area contributed by atoms with E-state index in [1.54, 1.807) is 6.07 Å². The molecule has 0 amide bonds. The van der Waals surface area contributed by atoms with Crippen LogP contribution in [0, 0.1) is 5.82 Å². The van der Waals surface area contributed by atoms with E-state index >= 15 is 0 Å². The van der Waals surface area contributed by atoms with Crippen LogP contribution in [0.15, 0.2) is 59.0 Å². The van der Waals surface area contributed by atoms with E-state index in [0.29, 0.717) is 18.4 Å². The Labute approximate surface area is 151 Å². The third-order valence-electron chi connectivity index (χ3n) is 5.41. The van der Waals surface area contributed by atoms with E-state index in [2.05, 4.69) is 22.3 Å². The minimum Gasteiger partial charge on any atom is -0.425 e. The Morgan fingerprint density at radius 1 is 0.846 bits per heavy atom. The van der Waals surface area contributed by atoms with E-state index in [9.17, 15) is 4.39 Å². The van der Waals surface area contributed by atoms with Gasteiger partial charge in [0.1, 0.15) is 5.82 Å². The number of benzene rings is 2. The summed E-state index contributed by atoms with van der Waals surface area (Å²) in [5.41, 5.74) is 1.87. The van der Waals surface area contributed by atoms with Gasteiger partial charge >= 0.3 is 0 Å². The average Bonchev–Trinajstić information content (AvgIpc) is 3.08. The first-order valence-corrected chi connectivity index (χ1v) is 9.05. The van der Waals surface area contributed by atoms with E-state index < -0.39 is 0 Å². The number of rotatable bonds is 4. The van der Waals surface area contributed by atoms with Gasteiger partial charge in [-0.3, -0.25) is 0 Å². The highest BCUT2D eigenvalue weighted by Crippen LogP contribution is 2.55. The summed E-state index contributed by atoms with van der Waals surface area (Å²) >= 11 is 0. The number of halogens is 1. The van der Waals surface area contributed by atoms with Crippen molar-refractivity contribution in [3.63, 3.8) is 0 Å². The molecule has 2 unspecified atom stereocenters. The monoisotopic (exact) mass is 350 g/mol. The molecule has 0 bridgehead atoms. The molecule has 2 heterocycles. The summed E-state index contributed by atoms with van der Waals surface area (Å²) in [5.74, 6) is 1.41. The molecule has 1 aliphatic heterocycles. The number of hydrogen-bond donors (Lipinski definition) is 0. The molecule has 1 aliphatic carbocycles. The average molecular weight is 350 g/mol. The molecule has 5 rings (SSSR count). The van der Waals surface area contributed by atoms with Gasteiger partial charge in [0.15, 0.2) is 0 Å². The third kappa shape index (κ3) is 2.72. The first-order chi connectivity index (χ1) is 12.8. The normalized spacial score (nSPS) is 27.6. The van der Waals surface area contributed by atoms with Crippen molar-refractivity contribution in [3.05, 3.63) is 83.3 Å². The zero-order valence-corrected chi connectivity index (χ0v) is 14.2. The van der Waals surface area contributed by atoms with Crippen LogP contribution in [0.4, 0.5) is 4.39 Å². The largest absolute Gasteiger partial charge is 0.425 e. The Balaban J connectivity index is 1.36. The zero-order chi connectivity index (χ0) is 17.5. The van der Waals surface area contributed by atoms with Gasteiger partial charge in [-0.05, 0) is 36.0 Å². The SMILES string of the molecule is Fc1ccccc1C1CC1c1nnc([C@H]2CCO[C@@H]2c2ccccc2)o1. The predicted molar refractivity (Wildman–Crippen MR) is 93.3 cm³/mol. The van der Waals surface area contributed by atoms with Crippen molar-refractivity contribution in [2.75, 3.05) is 6.61 Å². The minimum absolute atomic E-state index is 0.0499. The molecule has 2 fully saturated rings. The predicted octanol–water partition coefficient (Wildman–Crippen LogP) is 4.73. The molecular formula is C21H19FN2O2. The summed E-state index contributed by atoms with van der Waals surface area (Å²) in [6.07, 6.45) is 1.67. The fourth-order valence-electron chi connectivity index (χ4n) is 3.95. The highest BCUT2D eigenvalue weighted by Gasteiger charge is 2.45. The van der Waals surface area contributed by atoms with Crippen molar-refractivity contribution in [1.29, 1.82) is 0 Å². The van der Waals surface area contributed by atoms with E-state index in [1.165, 1.54) is 6.07 Å². The van der Waals surface area contributed by atoms with Crippen LogP contribution in [-0.2, 0) is 4.74 Å². The smallest absolute Gasteiger partial charge is 0.222 e. The third-order valence-corrected chi connectivity index (χ3v) is 5.41. The lowest BCUT2D eigenvalue weighted by atomic mass is 9.95. The molecule has 4 nitrogen and oxygen atoms in total. The summed E-state index contributed by atoms with van der Waals surface area (Å²) < 4.78 is 25.9. The maximum atomic E-state index is 14.0. The lowest BCUT2D eigenvalue weighted by molar-refractivity contribution is 0.0997. The quantitative estimate of drug-likeness (QED) is 0.683. The van der Waals surface area contributed by atoms with Crippen LogP contribution in [0.5, 0.6) is 0 Å². The van der Waals surface area contributed by atoms with Gasteiger partial charge in [0, 0.05) is 12.5 Å². The van der Waals surface area contributed by atoms with Crippen LogP contribution in [0.3, 0.4) is 0 Å². The van der Waals surface area contributed by atoms with E-state index in [0.717, 1.165) is 24.0 Å². The topological polar surface area (TPSA) is 48.2 Å². The van der Waals surface area contributed by atoms with Gasteiger partial charge in [0.05, 0.1) is 12.0 Å². The molecule has 26 heavy (non-hydrogen) atoms. The maximum absolute atomic E-state index is 14.0. The van der Waals surface area contributed by atoms with E-state index in [4.69, 9.17) is 9.15 Å². The summed E-state index contributed by atoms with van der Waals surface area (Å²) in [7, 11) is 0. The molecule has 4 atom stereocenters. The van der Waals surface area contributed by atoms with Gasteiger partial charge in [-0.15, -0.1) is 10.2 Å². The molecule has 5 heteroatoms. The molecule has 2 aliphatic rings. The second-order valence-corrected chi connectivity index (χ2v) is 7.05. The van der Waals surface area contributed by atoms with Crippen LogP contribution < -0.4 is 0 Å². The summed E-state index contributed by atoms with van der Waals surface area (Å²) in [4.78, 5) is 0. The second-order valence-electron chi connectivity index (χ2n) is 7.05. The molecule has 1 aromatic heterocycles. The zero-order valence-electron chi connectivity index (χ0n) is 14.2. The van der Waals surface area contributed by atoms with Crippen molar-refractivity contribution in [1.82, 2.24) is 10.2 Å². The van der Waals surface area contributed by atoms with Crippen LogP contribution in [0.2, 0.25) is 0 Å². The van der Waals surface area contributed by atoms with Crippen molar-refractivity contribution >= 4 is 0 Å². The number of ether oxygens (including phenoxy) is 1. The highest BCUT2D eigenvalue weighted by molar-refractivity contribution is 5.32. The van der Waals surface area contributed by atoms with Crippen LogP contribution in [0.1, 0.15) is 59.6 Å². The van der Waals surface area contributed by atoms with Gasteiger partial charge < -0.3 is 9.15 Å².